The molecule has 0 heterocycles. The van der Waals surface area contributed by atoms with Crippen molar-refractivity contribution in [1.82, 2.24) is 0 Å². The van der Waals surface area contributed by atoms with Gasteiger partial charge in [-0.15, -0.1) is 0 Å². The third kappa shape index (κ3) is 4.44. The number of benzene rings is 1. The molecule has 1 aliphatic carbocycles. The Bertz CT molecular complexity index is 624. The van der Waals surface area contributed by atoms with Crippen molar-refractivity contribution in [3.8, 4) is 0 Å². The quantitative estimate of drug-likeness (QED) is 0.411. The van der Waals surface area contributed by atoms with Gasteiger partial charge >= 0.3 is 5.97 Å². The van der Waals surface area contributed by atoms with Gasteiger partial charge in [0, 0.05) is 11.3 Å². The first-order valence-corrected chi connectivity index (χ1v) is 9.87. The van der Waals surface area contributed by atoms with E-state index >= 15 is 0 Å². The third-order valence-electron chi connectivity index (χ3n) is 6.08. The number of ketones is 1. The van der Waals surface area contributed by atoms with Crippen molar-refractivity contribution in [1.29, 1.82) is 0 Å². The molecular weight excluding hydrogens is 324 g/mol. The highest BCUT2D eigenvalue weighted by atomic mass is 16.5. The average molecular weight is 357 g/mol. The van der Waals surface area contributed by atoms with Gasteiger partial charge < -0.3 is 4.74 Å². The van der Waals surface area contributed by atoms with E-state index in [-0.39, 0.29) is 30.8 Å². The Morgan fingerprint density at radius 1 is 1.19 bits per heavy atom. The first kappa shape index (κ1) is 20.4. The van der Waals surface area contributed by atoms with Crippen LogP contribution in [0.3, 0.4) is 0 Å². The van der Waals surface area contributed by atoms with Gasteiger partial charge in [0.1, 0.15) is 12.4 Å². The maximum Gasteiger partial charge on any atom is 0.306 e. The second kappa shape index (κ2) is 9.16. The molecule has 1 aromatic carbocycles. The van der Waals surface area contributed by atoms with Crippen molar-refractivity contribution in [2.24, 2.45) is 17.3 Å². The summed E-state index contributed by atoms with van der Waals surface area (Å²) in [6.45, 7) is 10.7. The zero-order valence-corrected chi connectivity index (χ0v) is 16.4. The summed E-state index contributed by atoms with van der Waals surface area (Å²) in [5.74, 6) is 0.217. The maximum atomic E-state index is 13.1. The van der Waals surface area contributed by atoms with Crippen LogP contribution in [0.4, 0.5) is 0 Å². The summed E-state index contributed by atoms with van der Waals surface area (Å²) in [4.78, 5) is 25.3. The summed E-state index contributed by atoms with van der Waals surface area (Å²) < 4.78 is 5.40. The second-order valence-electron chi connectivity index (χ2n) is 7.56. The number of hydrogen-bond acceptors (Lipinski definition) is 3. The minimum atomic E-state index is -0.496. The van der Waals surface area contributed by atoms with Crippen molar-refractivity contribution >= 4 is 11.8 Å². The van der Waals surface area contributed by atoms with Crippen LogP contribution in [0.25, 0.3) is 0 Å². The van der Waals surface area contributed by atoms with Gasteiger partial charge in [-0.25, -0.2) is 0 Å². The largest absolute Gasteiger partial charge is 0.461 e. The normalized spacial score (nSPS) is 15.8. The van der Waals surface area contributed by atoms with Gasteiger partial charge in [0.05, 0.1) is 6.42 Å². The van der Waals surface area contributed by atoms with Gasteiger partial charge in [-0.05, 0) is 37.2 Å². The predicted molar refractivity (Wildman–Crippen MR) is 105 cm³/mol. The van der Waals surface area contributed by atoms with E-state index in [4.69, 9.17) is 4.74 Å². The number of rotatable bonds is 10. The SMILES string of the molecule is C=C(C(C)CC(=O)OCc1ccccc1)C(CC)(CC)C(=O)C1CCC1. The fourth-order valence-electron chi connectivity index (χ4n) is 3.91. The van der Waals surface area contributed by atoms with Crippen molar-refractivity contribution in [3.63, 3.8) is 0 Å². The van der Waals surface area contributed by atoms with Gasteiger partial charge in [0.2, 0.25) is 0 Å². The lowest BCUT2D eigenvalue weighted by atomic mass is 9.62. The summed E-state index contributed by atoms with van der Waals surface area (Å²) in [5.41, 5.74) is 1.38. The lowest BCUT2D eigenvalue weighted by molar-refractivity contribution is -0.146. The first-order valence-electron chi connectivity index (χ1n) is 9.87. The Morgan fingerprint density at radius 3 is 2.31 bits per heavy atom. The maximum absolute atomic E-state index is 13.1. The Hall–Kier alpha value is -1.90. The smallest absolute Gasteiger partial charge is 0.306 e. The topological polar surface area (TPSA) is 43.4 Å². The van der Waals surface area contributed by atoms with Crippen molar-refractivity contribution in [2.75, 3.05) is 0 Å². The highest BCUT2D eigenvalue weighted by Gasteiger charge is 2.44. The molecule has 0 aliphatic heterocycles. The van der Waals surface area contributed by atoms with Crippen LogP contribution in [-0.2, 0) is 20.9 Å². The van der Waals surface area contributed by atoms with Crippen molar-refractivity contribution in [3.05, 3.63) is 48.0 Å². The van der Waals surface area contributed by atoms with Crippen LogP contribution in [0, 0.1) is 17.3 Å². The average Bonchev–Trinajstić information content (AvgIpc) is 2.60. The third-order valence-corrected chi connectivity index (χ3v) is 6.08. The van der Waals surface area contributed by atoms with Crippen LogP contribution in [0.1, 0.15) is 64.9 Å². The minimum absolute atomic E-state index is 0.0674. The molecule has 1 aliphatic rings. The molecule has 0 saturated heterocycles. The number of carbonyl (C=O) groups is 2. The fourth-order valence-corrected chi connectivity index (χ4v) is 3.91. The number of carbonyl (C=O) groups excluding carboxylic acids is 2. The molecule has 0 aromatic heterocycles. The Labute approximate surface area is 157 Å². The molecule has 2 rings (SSSR count). The van der Waals surface area contributed by atoms with Gasteiger partial charge in [0.25, 0.3) is 0 Å². The van der Waals surface area contributed by atoms with E-state index in [2.05, 4.69) is 20.4 Å². The van der Waals surface area contributed by atoms with Crippen LogP contribution in [-0.4, -0.2) is 11.8 Å². The number of hydrogen-bond donors (Lipinski definition) is 0. The van der Waals surface area contributed by atoms with E-state index < -0.39 is 5.41 Å². The number of allylic oxidation sites excluding steroid dienone is 1. The van der Waals surface area contributed by atoms with Crippen LogP contribution < -0.4 is 0 Å². The Kier molecular flexibility index (Phi) is 7.19. The van der Waals surface area contributed by atoms with E-state index in [1.165, 1.54) is 0 Å². The number of ether oxygens (including phenoxy) is 1. The Morgan fingerprint density at radius 2 is 1.81 bits per heavy atom. The van der Waals surface area contributed by atoms with E-state index in [1.54, 1.807) is 0 Å². The van der Waals surface area contributed by atoms with E-state index in [0.29, 0.717) is 5.78 Å². The molecule has 1 atom stereocenters. The highest BCUT2D eigenvalue weighted by Crippen LogP contribution is 2.45. The molecule has 3 nitrogen and oxygen atoms in total. The van der Waals surface area contributed by atoms with Gasteiger partial charge in [-0.1, -0.05) is 69.7 Å². The molecule has 0 amide bonds. The molecule has 0 bridgehead atoms. The summed E-state index contributed by atoms with van der Waals surface area (Å²) >= 11 is 0. The molecule has 3 heteroatoms. The summed E-state index contributed by atoms with van der Waals surface area (Å²) in [6.07, 6.45) is 4.92. The van der Waals surface area contributed by atoms with Gasteiger partial charge in [0.15, 0.2) is 0 Å². The minimum Gasteiger partial charge on any atom is -0.461 e. The summed E-state index contributed by atoms with van der Waals surface area (Å²) in [6, 6.07) is 9.66. The lowest BCUT2D eigenvalue weighted by Gasteiger charge is -2.40. The zero-order valence-electron chi connectivity index (χ0n) is 16.4. The van der Waals surface area contributed by atoms with Crippen LogP contribution >= 0.6 is 0 Å². The fraction of sp³-hybridized carbons (Fsp3) is 0.565. The van der Waals surface area contributed by atoms with Crippen molar-refractivity contribution < 1.29 is 14.3 Å². The number of esters is 1. The van der Waals surface area contributed by atoms with Gasteiger partial charge in [-0.3, -0.25) is 9.59 Å². The molecule has 1 aromatic rings. The number of Topliss-reactive ketones (excluding diaryl/α,β-unsaturated/α-hetero) is 1. The predicted octanol–water partition coefficient (Wildman–Crippen LogP) is 5.49. The summed E-state index contributed by atoms with van der Waals surface area (Å²) in [7, 11) is 0. The first-order chi connectivity index (χ1) is 12.4. The van der Waals surface area contributed by atoms with Crippen LogP contribution in [0.15, 0.2) is 42.5 Å². The molecule has 0 spiro atoms. The monoisotopic (exact) mass is 356 g/mol. The second-order valence-corrected chi connectivity index (χ2v) is 7.56. The standard InChI is InChI=1S/C23H32O3/c1-5-23(6-2,22(25)20-13-10-14-20)18(4)17(3)15-21(24)26-16-19-11-8-7-9-12-19/h7-9,11-12,17,20H,4-6,10,13-16H2,1-3H3. The van der Waals surface area contributed by atoms with E-state index in [0.717, 1.165) is 43.2 Å². The lowest BCUT2D eigenvalue weighted by Crippen LogP contribution is -2.41. The molecular formula is C23H32O3. The van der Waals surface area contributed by atoms with Crippen LogP contribution in [0.2, 0.25) is 0 Å². The molecule has 0 radical (unpaired) electrons. The van der Waals surface area contributed by atoms with Crippen LogP contribution in [0.5, 0.6) is 0 Å². The molecule has 1 unspecified atom stereocenters. The molecule has 142 valence electrons. The van der Waals surface area contributed by atoms with E-state index in [1.807, 2.05) is 37.3 Å². The Balaban J connectivity index is 1.97. The van der Waals surface area contributed by atoms with Gasteiger partial charge in [-0.2, -0.15) is 0 Å². The molecule has 1 fully saturated rings. The molecule has 26 heavy (non-hydrogen) atoms. The zero-order chi connectivity index (χ0) is 19.2. The van der Waals surface area contributed by atoms with E-state index in [9.17, 15) is 9.59 Å². The summed E-state index contributed by atoms with van der Waals surface area (Å²) in [5, 5.41) is 0. The highest BCUT2D eigenvalue weighted by molar-refractivity contribution is 5.90. The van der Waals surface area contributed by atoms with Crippen molar-refractivity contribution in [2.45, 2.75) is 65.9 Å². The molecule has 0 N–H and O–H groups in total. The molecule has 1 saturated carbocycles.